The van der Waals surface area contributed by atoms with Crippen molar-refractivity contribution in [1.82, 2.24) is 9.88 Å². The molecule has 154 valence electrons. The summed E-state index contributed by atoms with van der Waals surface area (Å²) in [7, 11) is -1.95. The van der Waals surface area contributed by atoms with E-state index in [4.69, 9.17) is 20.8 Å². The summed E-state index contributed by atoms with van der Waals surface area (Å²) >= 11 is 5.76. The van der Waals surface area contributed by atoms with Gasteiger partial charge in [0, 0.05) is 18.3 Å². The number of rotatable bonds is 6. The third-order valence-electron chi connectivity index (χ3n) is 4.57. The average Bonchev–Trinajstić information content (AvgIpc) is 2.47. The van der Waals surface area contributed by atoms with E-state index in [0.29, 0.717) is 13.2 Å². The normalized spacial score (nSPS) is 12.8. The molecule has 0 aliphatic carbocycles. The molecule has 1 aromatic rings. The van der Waals surface area contributed by atoms with E-state index >= 15 is 0 Å². The second-order valence-electron chi connectivity index (χ2n) is 9.09. The smallest absolute Gasteiger partial charge is 0.410 e. The highest BCUT2D eigenvalue weighted by atomic mass is 35.5. The van der Waals surface area contributed by atoms with E-state index in [-0.39, 0.29) is 22.3 Å². The molecule has 0 saturated carbocycles. The van der Waals surface area contributed by atoms with E-state index in [2.05, 4.69) is 38.8 Å². The number of hydrogen-bond acceptors (Lipinski definition) is 4. The highest BCUT2D eigenvalue weighted by Gasteiger charge is 2.37. The fraction of sp³-hybridized carbons (Fsp3) is 0.684. The van der Waals surface area contributed by atoms with Crippen LogP contribution in [0.25, 0.3) is 0 Å². The Labute approximate surface area is 168 Å². The third-order valence-corrected chi connectivity index (χ3v) is 9.37. The predicted octanol–water partition coefficient (Wildman–Crippen LogP) is 5.63. The third kappa shape index (κ3) is 7.39. The first-order valence-electron chi connectivity index (χ1n) is 9.05. The molecule has 0 unspecified atom stereocenters. The Morgan fingerprint density at radius 3 is 2.37 bits per heavy atom. The zero-order valence-corrected chi connectivity index (χ0v) is 19.4. The Balaban J connectivity index is 2.92. The molecule has 0 atom stereocenters. The van der Waals surface area contributed by atoms with Crippen LogP contribution < -0.4 is 0 Å². The molecule has 1 heterocycles. The number of halogens is 2. The zero-order valence-electron chi connectivity index (χ0n) is 17.7. The van der Waals surface area contributed by atoms with Gasteiger partial charge < -0.3 is 14.1 Å². The van der Waals surface area contributed by atoms with Gasteiger partial charge in [-0.2, -0.15) is 0 Å². The fourth-order valence-corrected chi connectivity index (χ4v) is 3.18. The lowest BCUT2D eigenvalue weighted by atomic mass is 10.2. The van der Waals surface area contributed by atoms with Gasteiger partial charge in [0.25, 0.3) is 0 Å². The van der Waals surface area contributed by atoms with Gasteiger partial charge in [0.15, 0.2) is 19.3 Å². The van der Waals surface area contributed by atoms with Crippen molar-refractivity contribution in [1.29, 1.82) is 0 Å². The molecule has 0 saturated heterocycles. The maximum atomic E-state index is 14.2. The molecular weight excluding hydrogens is 387 g/mol. The molecule has 0 radical (unpaired) electrons. The number of amides is 1. The second-order valence-corrected chi connectivity index (χ2v) is 14.3. The van der Waals surface area contributed by atoms with E-state index in [9.17, 15) is 9.18 Å². The van der Waals surface area contributed by atoms with Gasteiger partial charge in [-0.25, -0.2) is 14.2 Å². The molecule has 8 heteroatoms. The number of ether oxygens (including phenoxy) is 1. The minimum absolute atomic E-state index is 0.0316. The lowest BCUT2D eigenvalue weighted by Gasteiger charge is -2.37. The van der Waals surface area contributed by atoms with E-state index in [0.717, 1.165) is 0 Å². The summed E-state index contributed by atoms with van der Waals surface area (Å²) in [5.41, 5.74) is -0.363. The Hall–Kier alpha value is -1.18. The number of nitrogens with zero attached hydrogens (tertiary/aromatic N) is 2. The number of hydrogen-bond donors (Lipinski definition) is 0. The Morgan fingerprint density at radius 1 is 1.26 bits per heavy atom. The second kappa shape index (κ2) is 8.88. The van der Waals surface area contributed by atoms with Gasteiger partial charge in [0.1, 0.15) is 5.60 Å². The van der Waals surface area contributed by atoms with E-state index in [1.807, 2.05) is 0 Å². The number of carbonyl (C=O) groups is 1. The van der Waals surface area contributed by atoms with Crippen molar-refractivity contribution in [3.63, 3.8) is 0 Å². The van der Waals surface area contributed by atoms with Crippen LogP contribution in [0.5, 0.6) is 0 Å². The molecule has 0 fully saturated rings. The van der Waals surface area contributed by atoms with Gasteiger partial charge in [0.2, 0.25) is 0 Å². The first-order chi connectivity index (χ1) is 12.1. The minimum atomic E-state index is -1.95. The van der Waals surface area contributed by atoms with Crippen molar-refractivity contribution < 1.29 is 18.3 Å². The molecule has 0 aromatic carbocycles. The first-order valence-corrected chi connectivity index (χ1v) is 12.3. The largest absolute Gasteiger partial charge is 0.444 e. The minimum Gasteiger partial charge on any atom is -0.444 e. The summed E-state index contributed by atoms with van der Waals surface area (Å²) in [6, 6.07) is 1.51. The summed E-state index contributed by atoms with van der Waals surface area (Å²) in [6.45, 7) is 16.8. The SMILES string of the molecule is CC(C)(C)OC(=O)N(CCO[Si](C)(C)C(C)(C)C)Cc1ccnc(Cl)c1F. The van der Waals surface area contributed by atoms with Gasteiger partial charge in [-0.3, -0.25) is 0 Å². The molecule has 5 nitrogen and oxygen atoms in total. The van der Waals surface area contributed by atoms with Crippen molar-refractivity contribution in [2.24, 2.45) is 0 Å². The zero-order chi connectivity index (χ0) is 21.0. The van der Waals surface area contributed by atoms with Crippen LogP contribution in [-0.2, 0) is 15.7 Å². The predicted molar refractivity (Wildman–Crippen MR) is 109 cm³/mol. The monoisotopic (exact) mass is 418 g/mol. The molecule has 1 rings (SSSR count). The standard InChI is InChI=1S/C19H32ClFN2O3Si/c1-18(2,3)26-17(24)23(11-12-25-27(7,8)19(4,5)6)13-14-9-10-22-16(20)15(14)21/h9-10H,11-13H2,1-8H3. The Morgan fingerprint density at radius 2 is 1.85 bits per heavy atom. The van der Waals surface area contributed by atoms with Crippen LogP contribution in [0, 0.1) is 5.82 Å². The lowest BCUT2D eigenvalue weighted by molar-refractivity contribution is 0.0203. The summed E-state index contributed by atoms with van der Waals surface area (Å²) in [4.78, 5) is 17.7. The van der Waals surface area contributed by atoms with Gasteiger partial charge in [-0.05, 0) is 45.0 Å². The molecule has 27 heavy (non-hydrogen) atoms. The van der Waals surface area contributed by atoms with Crippen LogP contribution in [0.4, 0.5) is 9.18 Å². The van der Waals surface area contributed by atoms with Gasteiger partial charge >= 0.3 is 6.09 Å². The Bertz CT molecular complexity index is 657. The average molecular weight is 419 g/mol. The summed E-state index contributed by atoms with van der Waals surface area (Å²) in [6.07, 6.45) is 0.897. The number of pyridine rings is 1. The van der Waals surface area contributed by atoms with Crippen molar-refractivity contribution in [2.75, 3.05) is 13.2 Å². The van der Waals surface area contributed by atoms with Crippen LogP contribution in [0.3, 0.4) is 0 Å². The maximum Gasteiger partial charge on any atom is 0.410 e. The van der Waals surface area contributed by atoms with Crippen molar-refractivity contribution in [2.45, 2.75) is 71.8 Å². The quantitative estimate of drug-likeness (QED) is 0.443. The van der Waals surface area contributed by atoms with Crippen LogP contribution >= 0.6 is 11.6 Å². The molecule has 0 spiro atoms. The van der Waals surface area contributed by atoms with E-state index in [1.54, 1.807) is 20.8 Å². The summed E-state index contributed by atoms with van der Waals surface area (Å²) in [5.74, 6) is -0.627. The molecule has 1 amide bonds. The van der Waals surface area contributed by atoms with E-state index < -0.39 is 25.8 Å². The molecule has 0 aliphatic heterocycles. The van der Waals surface area contributed by atoms with Crippen LogP contribution in [0.1, 0.15) is 47.1 Å². The number of carbonyl (C=O) groups excluding carboxylic acids is 1. The van der Waals surface area contributed by atoms with Crippen LogP contribution in [0.2, 0.25) is 23.3 Å². The van der Waals surface area contributed by atoms with Gasteiger partial charge in [-0.1, -0.05) is 32.4 Å². The van der Waals surface area contributed by atoms with Crippen LogP contribution in [-0.4, -0.2) is 43.0 Å². The number of aromatic nitrogens is 1. The maximum absolute atomic E-state index is 14.2. The first kappa shape index (κ1) is 23.9. The molecule has 1 aromatic heterocycles. The summed E-state index contributed by atoms with van der Waals surface area (Å²) in [5, 5.41) is -0.150. The summed E-state index contributed by atoms with van der Waals surface area (Å²) < 4.78 is 25.9. The van der Waals surface area contributed by atoms with Crippen molar-refractivity contribution >= 4 is 26.0 Å². The Kier molecular flexibility index (Phi) is 7.85. The highest BCUT2D eigenvalue weighted by molar-refractivity contribution is 6.74. The molecule has 0 bridgehead atoms. The van der Waals surface area contributed by atoms with Crippen molar-refractivity contribution in [3.05, 3.63) is 28.8 Å². The highest BCUT2D eigenvalue weighted by Crippen LogP contribution is 2.36. The molecule has 0 aliphatic rings. The topological polar surface area (TPSA) is 51.7 Å². The van der Waals surface area contributed by atoms with Gasteiger partial charge in [0.05, 0.1) is 13.2 Å². The van der Waals surface area contributed by atoms with Gasteiger partial charge in [-0.15, -0.1) is 0 Å². The molecular formula is C19H32ClFN2O3Si. The fourth-order valence-electron chi connectivity index (χ4n) is 1.97. The van der Waals surface area contributed by atoms with Crippen molar-refractivity contribution in [3.8, 4) is 0 Å². The van der Waals surface area contributed by atoms with Crippen LogP contribution in [0.15, 0.2) is 12.3 Å². The van der Waals surface area contributed by atoms with E-state index in [1.165, 1.54) is 17.2 Å². The molecule has 0 N–H and O–H groups in total. The lowest BCUT2D eigenvalue weighted by Crippen LogP contribution is -2.44.